The number of methoxy groups -OCH3 is 3. The van der Waals surface area contributed by atoms with Gasteiger partial charge in [0.1, 0.15) is 11.5 Å². The zero-order valence-electron chi connectivity index (χ0n) is 20.1. The number of carbonyl (C=O) groups is 2. The minimum absolute atomic E-state index is 0.0198. The van der Waals surface area contributed by atoms with Gasteiger partial charge < -0.3 is 24.2 Å². The molecule has 180 valence electrons. The number of benzene rings is 3. The van der Waals surface area contributed by atoms with Gasteiger partial charge in [0.2, 0.25) is 0 Å². The molecule has 1 atom stereocenters. The summed E-state index contributed by atoms with van der Waals surface area (Å²) in [5.74, 6) is -0.229. The van der Waals surface area contributed by atoms with Gasteiger partial charge >= 0.3 is 0 Å². The summed E-state index contributed by atoms with van der Waals surface area (Å²) in [6.07, 6.45) is 0. The molecule has 1 N–H and O–H groups in total. The first-order chi connectivity index (χ1) is 16.9. The Morgan fingerprint density at radius 2 is 1.51 bits per heavy atom. The van der Waals surface area contributed by atoms with Crippen LogP contribution in [0.15, 0.2) is 72.3 Å². The number of nitrogens with zero attached hydrogens (tertiary/aromatic N) is 1. The van der Waals surface area contributed by atoms with E-state index in [0.717, 1.165) is 16.7 Å². The smallest absolute Gasteiger partial charge is 0.295 e. The molecule has 0 saturated carbocycles. The first-order valence-electron chi connectivity index (χ1n) is 11.1. The second kappa shape index (κ2) is 9.93. The van der Waals surface area contributed by atoms with E-state index in [1.165, 1.54) is 19.1 Å². The summed E-state index contributed by atoms with van der Waals surface area (Å²) < 4.78 is 16.1. The Hall–Kier alpha value is -4.26. The lowest BCUT2D eigenvalue weighted by atomic mass is 9.92. The van der Waals surface area contributed by atoms with E-state index in [9.17, 15) is 14.7 Å². The number of para-hydroxylation sites is 1. The van der Waals surface area contributed by atoms with Crippen LogP contribution in [0.4, 0.5) is 0 Å². The van der Waals surface area contributed by atoms with Gasteiger partial charge in [0.25, 0.3) is 11.7 Å². The highest BCUT2D eigenvalue weighted by Gasteiger charge is 2.46. The predicted octanol–water partition coefficient (Wildman–Crippen LogP) is 4.64. The molecule has 7 heteroatoms. The molecule has 3 aromatic carbocycles. The third-order valence-electron chi connectivity index (χ3n) is 6.21. The molecule has 1 heterocycles. The molecule has 1 saturated heterocycles. The van der Waals surface area contributed by atoms with E-state index in [1.54, 1.807) is 31.4 Å². The van der Waals surface area contributed by atoms with Crippen molar-refractivity contribution in [1.29, 1.82) is 0 Å². The molecule has 1 amide bonds. The Labute approximate surface area is 204 Å². The Morgan fingerprint density at radius 3 is 2.20 bits per heavy atom. The lowest BCUT2D eigenvalue weighted by Gasteiger charge is -2.27. The molecule has 0 aliphatic carbocycles. The summed E-state index contributed by atoms with van der Waals surface area (Å²) >= 11 is 0. The first kappa shape index (κ1) is 23.9. The van der Waals surface area contributed by atoms with Crippen LogP contribution < -0.4 is 14.2 Å². The van der Waals surface area contributed by atoms with Crippen LogP contribution >= 0.6 is 0 Å². The number of Topliss-reactive ketones (excluding diaryl/α,β-unsaturated/α-hetero) is 1. The van der Waals surface area contributed by atoms with E-state index in [1.807, 2.05) is 49.4 Å². The second-order valence-electron chi connectivity index (χ2n) is 8.17. The predicted molar refractivity (Wildman–Crippen MR) is 132 cm³/mol. The van der Waals surface area contributed by atoms with Crippen molar-refractivity contribution in [3.05, 3.63) is 94.6 Å². The molecule has 0 spiro atoms. The van der Waals surface area contributed by atoms with Crippen LogP contribution in [-0.4, -0.2) is 43.0 Å². The average Bonchev–Trinajstić information content (AvgIpc) is 3.13. The maximum absolute atomic E-state index is 13.4. The lowest BCUT2D eigenvalue weighted by Crippen LogP contribution is -2.29. The van der Waals surface area contributed by atoms with Crippen LogP contribution in [-0.2, 0) is 16.1 Å². The number of ketones is 1. The number of aryl methyl sites for hydroxylation is 1. The van der Waals surface area contributed by atoms with Crippen LogP contribution in [0, 0.1) is 6.92 Å². The van der Waals surface area contributed by atoms with Crippen LogP contribution in [0.1, 0.15) is 28.3 Å². The summed E-state index contributed by atoms with van der Waals surface area (Å²) in [6.45, 7) is 2.05. The van der Waals surface area contributed by atoms with Crippen molar-refractivity contribution >= 4 is 17.4 Å². The Bertz CT molecular complexity index is 1310. The molecule has 7 nitrogen and oxygen atoms in total. The van der Waals surface area contributed by atoms with Crippen LogP contribution in [0.3, 0.4) is 0 Å². The normalized spacial score (nSPS) is 16.9. The number of aliphatic hydroxyl groups is 1. The van der Waals surface area contributed by atoms with E-state index >= 15 is 0 Å². The number of aliphatic hydroxyl groups excluding tert-OH is 1. The zero-order valence-corrected chi connectivity index (χ0v) is 20.1. The van der Waals surface area contributed by atoms with Crippen LogP contribution in [0.25, 0.3) is 5.76 Å². The Kier molecular flexibility index (Phi) is 6.78. The van der Waals surface area contributed by atoms with Crippen molar-refractivity contribution in [2.75, 3.05) is 21.3 Å². The number of hydrogen-bond acceptors (Lipinski definition) is 6. The van der Waals surface area contributed by atoms with Crippen LogP contribution in [0.2, 0.25) is 0 Å². The molecular formula is C28H27NO6. The quantitative estimate of drug-likeness (QED) is 0.306. The van der Waals surface area contributed by atoms with Gasteiger partial charge in [-0.3, -0.25) is 9.59 Å². The van der Waals surface area contributed by atoms with Gasteiger partial charge in [0.15, 0.2) is 11.5 Å². The molecule has 1 aliphatic heterocycles. The SMILES string of the molecule is COc1ccccc1CN1C(=O)C(=O)/C(=C(/O)c2ccc(OC)c(OC)c2)C1c1ccccc1C. The van der Waals surface area contributed by atoms with Crippen molar-refractivity contribution in [2.45, 2.75) is 19.5 Å². The largest absolute Gasteiger partial charge is 0.507 e. The maximum Gasteiger partial charge on any atom is 0.295 e. The number of amides is 1. The molecule has 3 aromatic rings. The number of likely N-dealkylation sites (tertiary alicyclic amines) is 1. The maximum atomic E-state index is 13.4. The van der Waals surface area contributed by atoms with E-state index in [0.29, 0.717) is 22.8 Å². The van der Waals surface area contributed by atoms with Gasteiger partial charge in [0, 0.05) is 11.1 Å². The standard InChI is InChI=1S/C28H27NO6/c1-17-9-5-7-11-20(17)25-24(26(30)18-13-14-22(34-3)23(15-18)35-4)27(31)28(32)29(25)16-19-10-6-8-12-21(19)33-2/h5-15,25,30H,16H2,1-4H3/b26-24+. The van der Waals surface area contributed by atoms with Gasteiger partial charge in [0.05, 0.1) is 39.5 Å². The van der Waals surface area contributed by atoms with Crippen molar-refractivity contribution < 1.29 is 28.9 Å². The van der Waals surface area contributed by atoms with E-state index in [2.05, 4.69) is 0 Å². The molecular weight excluding hydrogens is 446 g/mol. The fourth-order valence-electron chi connectivity index (χ4n) is 4.42. The zero-order chi connectivity index (χ0) is 25.1. The molecule has 35 heavy (non-hydrogen) atoms. The molecule has 0 aromatic heterocycles. The van der Waals surface area contributed by atoms with Crippen molar-refractivity contribution in [3.63, 3.8) is 0 Å². The summed E-state index contributed by atoms with van der Waals surface area (Å²) in [4.78, 5) is 28.2. The van der Waals surface area contributed by atoms with E-state index in [-0.39, 0.29) is 17.9 Å². The molecule has 0 radical (unpaired) electrons. The summed E-state index contributed by atoms with van der Waals surface area (Å²) in [7, 11) is 4.56. The fraction of sp³-hybridized carbons (Fsp3) is 0.214. The second-order valence-corrected chi connectivity index (χ2v) is 8.17. The number of ether oxygens (including phenoxy) is 3. The Morgan fingerprint density at radius 1 is 0.857 bits per heavy atom. The Balaban J connectivity index is 1.90. The van der Waals surface area contributed by atoms with Gasteiger partial charge in [-0.2, -0.15) is 0 Å². The van der Waals surface area contributed by atoms with Crippen molar-refractivity contribution in [1.82, 2.24) is 4.90 Å². The number of rotatable bonds is 7. The topological polar surface area (TPSA) is 85.3 Å². The molecule has 1 fully saturated rings. The third-order valence-corrected chi connectivity index (χ3v) is 6.21. The molecule has 1 unspecified atom stereocenters. The summed E-state index contributed by atoms with van der Waals surface area (Å²) in [6, 6.07) is 18.9. The fourth-order valence-corrected chi connectivity index (χ4v) is 4.42. The molecule has 0 bridgehead atoms. The highest BCUT2D eigenvalue weighted by atomic mass is 16.5. The number of hydrogen-bond donors (Lipinski definition) is 1. The molecule has 4 rings (SSSR count). The van der Waals surface area contributed by atoms with E-state index in [4.69, 9.17) is 14.2 Å². The molecule has 1 aliphatic rings. The monoisotopic (exact) mass is 473 g/mol. The van der Waals surface area contributed by atoms with Crippen molar-refractivity contribution in [3.8, 4) is 17.2 Å². The average molecular weight is 474 g/mol. The van der Waals surface area contributed by atoms with Gasteiger partial charge in [-0.25, -0.2) is 0 Å². The van der Waals surface area contributed by atoms with E-state index < -0.39 is 17.7 Å². The highest BCUT2D eigenvalue weighted by Crippen LogP contribution is 2.42. The third kappa shape index (κ3) is 4.33. The minimum Gasteiger partial charge on any atom is -0.507 e. The van der Waals surface area contributed by atoms with Gasteiger partial charge in [-0.15, -0.1) is 0 Å². The number of carbonyl (C=O) groups excluding carboxylic acids is 2. The first-order valence-corrected chi connectivity index (χ1v) is 11.1. The van der Waals surface area contributed by atoms with Crippen molar-refractivity contribution in [2.24, 2.45) is 0 Å². The van der Waals surface area contributed by atoms with Gasteiger partial charge in [-0.05, 0) is 42.3 Å². The highest BCUT2D eigenvalue weighted by molar-refractivity contribution is 6.46. The summed E-state index contributed by atoms with van der Waals surface area (Å²) in [5, 5.41) is 11.4. The summed E-state index contributed by atoms with van der Waals surface area (Å²) in [5.41, 5.74) is 2.76. The lowest BCUT2D eigenvalue weighted by molar-refractivity contribution is -0.140. The van der Waals surface area contributed by atoms with Crippen LogP contribution in [0.5, 0.6) is 17.2 Å². The van der Waals surface area contributed by atoms with Gasteiger partial charge in [-0.1, -0.05) is 42.5 Å². The minimum atomic E-state index is -0.783.